The minimum absolute atomic E-state index is 0. The van der Waals surface area contributed by atoms with E-state index in [1.807, 2.05) is 0 Å². The fourth-order valence-electron chi connectivity index (χ4n) is 1.32. The van der Waals surface area contributed by atoms with Gasteiger partial charge in [0.05, 0.1) is 12.2 Å². The van der Waals surface area contributed by atoms with Crippen molar-refractivity contribution in [2.75, 3.05) is 6.61 Å². The number of alkyl halides is 3. The molecule has 0 fully saturated rings. The molecule has 0 aliphatic heterocycles. The van der Waals surface area contributed by atoms with Gasteiger partial charge in [0.15, 0.2) is 0 Å². The first kappa shape index (κ1) is 19.3. The van der Waals surface area contributed by atoms with Crippen molar-refractivity contribution in [3.05, 3.63) is 41.5 Å². The van der Waals surface area contributed by atoms with Gasteiger partial charge in [0.25, 0.3) is 5.78 Å². The molecule has 110 valence electrons. The first-order valence-corrected chi connectivity index (χ1v) is 5.55. The Morgan fingerprint density at radius 1 is 1.38 bits per heavy atom. The van der Waals surface area contributed by atoms with Crippen molar-refractivity contribution in [2.45, 2.75) is 13.1 Å². The zero-order chi connectivity index (χ0) is 15.3. The summed E-state index contributed by atoms with van der Waals surface area (Å²) in [6.07, 6.45) is -4.05. The number of ketones is 1. The Labute approximate surface area is 132 Å². The predicted molar refractivity (Wildman–Crippen MR) is 64.8 cm³/mol. The van der Waals surface area contributed by atoms with Gasteiger partial charge in [-0.1, -0.05) is 12.1 Å². The minimum atomic E-state index is -4.57. The largest absolute Gasteiger partial charge is 1.00 e. The van der Waals surface area contributed by atoms with E-state index in [1.54, 1.807) is 0 Å². The fraction of sp³-hybridized carbons (Fsp3) is 0.231. The first-order valence-electron chi connectivity index (χ1n) is 5.55. The minimum Gasteiger partial charge on any atom is -1.00 e. The molecule has 0 radical (unpaired) electrons. The molecule has 0 atom stereocenters. The van der Waals surface area contributed by atoms with E-state index in [9.17, 15) is 27.9 Å². The van der Waals surface area contributed by atoms with Crippen LogP contribution in [0.5, 0.6) is 0 Å². The maximum atomic E-state index is 12.5. The van der Waals surface area contributed by atoms with Gasteiger partial charge in [0.2, 0.25) is 0 Å². The number of rotatable bonds is 4. The number of benzene rings is 1. The second kappa shape index (κ2) is 7.91. The van der Waals surface area contributed by atoms with Crippen LogP contribution in [-0.4, -0.2) is 23.5 Å². The molecule has 0 bridgehead atoms. The van der Waals surface area contributed by atoms with Crippen LogP contribution in [0.2, 0.25) is 0 Å². The number of aliphatic hydroxyl groups excluding tert-OH is 1. The average Bonchev–Trinajstić information content (AvgIpc) is 2.38. The van der Waals surface area contributed by atoms with Crippen LogP contribution in [0, 0.1) is 0 Å². The summed E-state index contributed by atoms with van der Waals surface area (Å²) in [5, 5.41) is 9.56. The smallest absolute Gasteiger partial charge is 1.00 e. The molecular formula is C13H12F3LiO4. The molecule has 0 aliphatic carbocycles. The molecule has 0 amide bonds. The standard InChI is InChI=1S/C13H11F3O4.Li.H/c1-2-20-12(19)11(18)7-10(17)8-4-3-5-9(6-8)13(14,15)16;;/h3-7,17H,2H2,1H3;;/q;+1;-1/b10-7-;;. The molecule has 0 heterocycles. The molecule has 0 aliphatic rings. The van der Waals surface area contributed by atoms with Crippen molar-refractivity contribution in [3.8, 4) is 0 Å². The first-order chi connectivity index (χ1) is 9.25. The molecule has 1 N–H and O–H groups in total. The quantitative estimate of drug-likeness (QED) is 0.276. The Hall–Kier alpha value is -1.71. The Morgan fingerprint density at radius 2 is 2.00 bits per heavy atom. The number of halogens is 3. The SMILES string of the molecule is CCOC(=O)C(=O)/C=C(\O)c1cccc(C(F)(F)F)c1.[H-].[Li+]. The molecule has 21 heavy (non-hydrogen) atoms. The van der Waals surface area contributed by atoms with Gasteiger partial charge >= 0.3 is 31.0 Å². The van der Waals surface area contributed by atoms with Crippen molar-refractivity contribution in [1.82, 2.24) is 0 Å². The van der Waals surface area contributed by atoms with Crippen LogP contribution in [0.15, 0.2) is 30.3 Å². The maximum absolute atomic E-state index is 12.5. The molecule has 1 aromatic carbocycles. The summed E-state index contributed by atoms with van der Waals surface area (Å²) in [6.45, 7) is 1.46. The molecule has 1 rings (SSSR count). The molecule has 0 saturated heterocycles. The summed E-state index contributed by atoms with van der Waals surface area (Å²) in [5.74, 6) is -3.08. The molecule has 0 saturated carbocycles. The maximum Gasteiger partial charge on any atom is 1.00 e. The topological polar surface area (TPSA) is 63.6 Å². The van der Waals surface area contributed by atoms with Crippen LogP contribution < -0.4 is 18.9 Å². The zero-order valence-corrected chi connectivity index (χ0v) is 11.4. The number of ether oxygens (including phenoxy) is 1. The van der Waals surface area contributed by atoms with Crippen LogP contribution in [0.25, 0.3) is 5.76 Å². The molecular weight excluding hydrogens is 284 g/mol. The monoisotopic (exact) mass is 296 g/mol. The van der Waals surface area contributed by atoms with Crippen molar-refractivity contribution >= 4 is 17.5 Å². The van der Waals surface area contributed by atoms with E-state index in [0.717, 1.165) is 12.1 Å². The van der Waals surface area contributed by atoms with Gasteiger partial charge in [0, 0.05) is 11.6 Å². The summed E-state index contributed by atoms with van der Waals surface area (Å²) in [6, 6.07) is 3.75. The number of carbonyl (C=O) groups excluding carboxylic acids is 2. The van der Waals surface area contributed by atoms with Gasteiger partial charge < -0.3 is 11.3 Å². The Morgan fingerprint density at radius 3 is 2.52 bits per heavy atom. The molecule has 0 unspecified atom stereocenters. The van der Waals surface area contributed by atoms with Gasteiger partial charge in [0.1, 0.15) is 5.76 Å². The number of esters is 1. The molecule has 1 aromatic rings. The third-order valence-electron chi connectivity index (χ3n) is 2.23. The predicted octanol–water partition coefficient (Wildman–Crippen LogP) is -0.147. The van der Waals surface area contributed by atoms with Crippen molar-refractivity contribution < 1.29 is 52.9 Å². The van der Waals surface area contributed by atoms with Crippen LogP contribution in [-0.2, 0) is 20.5 Å². The summed E-state index contributed by atoms with van der Waals surface area (Å²) in [7, 11) is 0. The fourth-order valence-corrected chi connectivity index (χ4v) is 1.32. The van der Waals surface area contributed by atoms with Gasteiger partial charge in [-0.25, -0.2) is 4.79 Å². The van der Waals surface area contributed by atoms with Gasteiger partial charge in [-0.3, -0.25) is 4.79 Å². The average molecular weight is 296 g/mol. The molecule has 0 aromatic heterocycles. The van der Waals surface area contributed by atoms with E-state index in [-0.39, 0.29) is 32.5 Å². The summed E-state index contributed by atoms with van der Waals surface area (Å²) in [5.41, 5.74) is -1.20. The van der Waals surface area contributed by atoms with Gasteiger partial charge in [-0.2, -0.15) is 13.2 Å². The van der Waals surface area contributed by atoms with Crippen molar-refractivity contribution in [3.63, 3.8) is 0 Å². The van der Waals surface area contributed by atoms with Crippen LogP contribution in [0.3, 0.4) is 0 Å². The Balaban J connectivity index is 0. The molecule has 0 spiro atoms. The van der Waals surface area contributed by atoms with E-state index in [2.05, 4.69) is 4.74 Å². The van der Waals surface area contributed by atoms with E-state index in [4.69, 9.17) is 0 Å². The van der Waals surface area contributed by atoms with E-state index >= 15 is 0 Å². The molecule has 4 nitrogen and oxygen atoms in total. The van der Waals surface area contributed by atoms with E-state index in [0.29, 0.717) is 12.1 Å². The Kier molecular flexibility index (Phi) is 7.26. The second-order valence-corrected chi connectivity index (χ2v) is 3.69. The number of aliphatic hydroxyl groups is 1. The summed E-state index contributed by atoms with van der Waals surface area (Å²) >= 11 is 0. The normalized spacial score (nSPS) is 11.5. The molecule has 8 heteroatoms. The second-order valence-electron chi connectivity index (χ2n) is 3.69. The van der Waals surface area contributed by atoms with Crippen molar-refractivity contribution in [1.29, 1.82) is 0 Å². The number of hydrogen-bond donors (Lipinski definition) is 1. The number of carbonyl (C=O) groups is 2. The van der Waals surface area contributed by atoms with E-state index < -0.39 is 29.3 Å². The van der Waals surface area contributed by atoms with E-state index in [1.165, 1.54) is 13.0 Å². The van der Waals surface area contributed by atoms with Crippen LogP contribution in [0.1, 0.15) is 19.5 Å². The summed E-state index contributed by atoms with van der Waals surface area (Å²) < 4.78 is 41.8. The summed E-state index contributed by atoms with van der Waals surface area (Å²) in [4.78, 5) is 22.3. The van der Waals surface area contributed by atoms with Gasteiger partial charge in [-0.15, -0.1) is 0 Å². The third-order valence-corrected chi connectivity index (χ3v) is 2.23. The Bertz CT molecular complexity index is 558. The van der Waals surface area contributed by atoms with Crippen molar-refractivity contribution in [2.24, 2.45) is 0 Å². The zero-order valence-electron chi connectivity index (χ0n) is 12.4. The van der Waals surface area contributed by atoms with Crippen LogP contribution in [0.4, 0.5) is 13.2 Å². The van der Waals surface area contributed by atoms with Crippen LogP contribution >= 0.6 is 0 Å². The third kappa shape index (κ3) is 5.66. The van der Waals surface area contributed by atoms with Gasteiger partial charge in [-0.05, 0) is 19.1 Å². The number of hydrogen-bond acceptors (Lipinski definition) is 4.